The predicted molar refractivity (Wildman–Crippen MR) is 84.8 cm³/mol. The van der Waals surface area contributed by atoms with Crippen LogP contribution in [0.3, 0.4) is 0 Å². The molecule has 0 bridgehead atoms. The second kappa shape index (κ2) is 7.78. The third-order valence-corrected chi connectivity index (χ3v) is 4.14. The minimum absolute atomic E-state index is 0. The van der Waals surface area contributed by atoms with Crippen molar-refractivity contribution in [2.24, 2.45) is 0 Å². The third-order valence-electron chi connectivity index (χ3n) is 4.14. The van der Waals surface area contributed by atoms with Gasteiger partial charge in [-0.2, -0.15) is 0 Å². The number of carbonyl (C=O) groups is 1. The SMILES string of the molecule is Cl.O=C(NCCOC1CCCC1)c1ccc2c(c1)CNC2. The zero-order chi connectivity index (χ0) is 13.8. The highest BCUT2D eigenvalue weighted by molar-refractivity contribution is 5.94. The summed E-state index contributed by atoms with van der Waals surface area (Å²) in [5.41, 5.74) is 3.28. The number of benzene rings is 1. The van der Waals surface area contributed by atoms with Crippen LogP contribution in [0.25, 0.3) is 0 Å². The summed E-state index contributed by atoms with van der Waals surface area (Å²) in [5.74, 6) is -0.00489. The number of halogens is 1. The van der Waals surface area contributed by atoms with Crippen molar-refractivity contribution in [3.05, 3.63) is 34.9 Å². The van der Waals surface area contributed by atoms with Crippen LogP contribution in [0, 0.1) is 0 Å². The summed E-state index contributed by atoms with van der Waals surface area (Å²) in [4.78, 5) is 12.1. The molecule has 1 saturated carbocycles. The summed E-state index contributed by atoms with van der Waals surface area (Å²) >= 11 is 0. The quantitative estimate of drug-likeness (QED) is 0.821. The Kier molecular flexibility index (Phi) is 6.03. The fraction of sp³-hybridized carbons (Fsp3) is 0.562. The van der Waals surface area contributed by atoms with Crippen LogP contribution in [0.2, 0.25) is 0 Å². The second-order valence-electron chi connectivity index (χ2n) is 5.62. The molecular formula is C16H23ClN2O2. The lowest BCUT2D eigenvalue weighted by molar-refractivity contribution is 0.0582. The van der Waals surface area contributed by atoms with Gasteiger partial charge in [-0.15, -0.1) is 12.4 Å². The van der Waals surface area contributed by atoms with E-state index in [0.29, 0.717) is 19.3 Å². The van der Waals surface area contributed by atoms with E-state index in [1.165, 1.54) is 36.8 Å². The average Bonchev–Trinajstić information content (AvgIpc) is 3.13. The maximum Gasteiger partial charge on any atom is 0.251 e. The molecule has 0 radical (unpaired) electrons. The largest absolute Gasteiger partial charge is 0.376 e. The van der Waals surface area contributed by atoms with Gasteiger partial charge in [0.15, 0.2) is 0 Å². The molecule has 1 aliphatic heterocycles. The van der Waals surface area contributed by atoms with Gasteiger partial charge in [0.05, 0.1) is 12.7 Å². The Hall–Kier alpha value is -1.10. The molecule has 3 rings (SSSR count). The maximum atomic E-state index is 12.1. The monoisotopic (exact) mass is 310 g/mol. The van der Waals surface area contributed by atoms with E-state index in [4.69, 9.17) is 4.74 Å². The Morgan fingerprint density at radius 2 is 2.00 bits per heavy atom. The highest BCUT2D eigenvalue weighted by Gasteiger charge is 2.15. The normalized spacial score (nSPS) is 17.3. The molecule has 4 nitrogen and oxygen atoms in total. The van der Waals surface area contributed by atoms with Crippen LogP contribution in [-0.4, -0.2) is 25.2 Å². The number of nitrogens with one attached hydrogen (secondary N) is 2. The molecule has 1 aromatic rings. The van der Waals surface area contributed by atoms with E-state index in [9.17, 15) is 4.79 Å². The number of fused-ring (bicyclic) bond motifs is 1. The van der Waals surface area contributed by atoms with Crippen molar-refractivity contribution in [3.8, 4) is 0 Å². The second-order valence-corrected chi connectivity index (χ2v) is 5.62. The summed E-state index contributed by atoms with van der Waals surface area (Å²) in [7, 11) is 0. The third kappa shape index (κ3) is 4.19. The number of rotatable bonds is 5. The Balaban J connectivity index is 0.00000161. The van der Waals surface area contributed by atoms with Crippen molar-refractivity contribution in [2.45, 2.75) is 44.9 Å². The Morgan fingerprint density at radius 3 is 2.81 bits per heavy atom. The highest BCUT2D eigenvalue weighted by atomic mass is 35.5. The maximum absolute atomic E-state index is 12.1. The summed E-state index contributed by atoms with van der Waals surface area (Å²) in [5, 5.41) is 6.22. The fourth-order valence-electron chi connectivity index (χ4n) is 2.98. The number of amides is 1. The van der Waals surface area contributed by atoms with Gasteiger partial charge in [0.2, 0.25) is 0 Å². The summed E-state index contributed by atoms with van der Waals surface area (Å²) < 4.78 is 5.74. The molecule has 116 valence electrons. The number of ether oxygens (including phenoxy) is 1. The molecule has 0 unspecified atom stereocenters. The van der Waals surface area contributed by atoms with Crippen molar-refractivity contribution in [1.29, 1.82) is 0 Å². The van der Waals surface area contributed by atoms with E-state index in [2.05, 4.69) is 10.6 Å². The first-order valence-corrected chi connectivity index (χ1v) is 7.55. The Morgan fingerprint density at radius 1 is 1.24 bits per heavy atom. The number of carbonyl (C=O) groups excluding carboxylic acids is 1. The van der Waals surface area contributed by atoms with Crippen molar-refractivity contribution in [3.63, 3.8) is 0 Å². The molecule has 2 N–H and O–H groups in total. The van der Waals surface area contributed by atoms with Gasteiger partial charge in [-0.25, -0.2) is 0 Å². The molecule has 1 aromatic carbocycles. The van der Waals surface area contributed by atoms with Gasteiger partial charge in [0.25, 0.3) is 5.91 Å². The minimum Gasteiger partial charge on any atom is -0.376 e. The summed E-state index contributed by atoms with van der Waals surface area (Å²) in [6, 6.07) is 5.93. The Labute approximate surface area is 132 Å². The van der Waals surface area contributed by atoms with Gasteiger partial charge < -0.3 is 15.4 Å². The zero-order valence-electron chi connectivity index (χ0n) is 12.2. The minimum atomic E-state index is -0.00489. The lowest BCUT2D eigenvalue weighted by Crippen LogP contribution is -2.28. The molecule has 1 fully saturated rings. The molecule has 5 heteroatoms. The van der Waals surface area contributed by atoms with Crippen LogP contribution in [0.1, 0.15) is 47.2 Å². The lowest BCUT2D eigenvalue weighted by atomic mass is 10.1. The molecular weight excluding hydrogens is 288 g/mol. The van der Waals surface area contributed by atoms with Gasteiger partial charge in [-0.3, -0.25) is 4.79 Å². The predicted octanol–water partition coefficient (Wildman–Crippen LogP) is 2.40. The topological polar surface area (TPSA) is 50.4 Å². The van der Waals surface area contributed by atoms with Crippen LogP contribution in [-0.2, 0) is 17.8 Å². The summed E-state index contributed by atoms with van der Waals surface area (Å²) in [6.07, 6.45) is 5.32. The first-order valence-electron chi connectivity index (χ1n) is 7.55. The van der Waals surface area contributed by atoms with E-state index in [1.807, 2.05) is 18.2 Å². The van der Waals surface area contributed by atoms with E-state index >= 15 is 0 Å². The van der Waals surface area contributed by atoms with Crippen LogP contribution in [0.4, 0.5) is 0 Å². The molecule has 21 heavy (non-hydrogen) atoms. The number of hydrogen-bond acceptors (Lipinski definition) is 3. The van der Waals surface area contributed by atoms with E-state index in [-0.39, 0.29) is 18.3 Å². The van der Waals surface area contributed by atoms with Crippen molar-refractivity contribution < 1.29 is 9.53 Å². The van der Waals surface area contributed by atoms with Crippen LogP contribution < -0.4 is 10.6 Å². The molecule has 0 aromatic heterocycles. The van der Waals surface area contributed by atoms with Gasteiger partial charge >= 0.3 is 0 Å². The summed E-state index contributed by atoms with van der Waals surface area (Å²) in [6.45, 7) is 2.97. The first-order chi connectivity index (χ1) is 9.83. The molecule has 2 aliphatic rings. The number of hydrogen-bond donors (Lipinski definition) is 2. The molecule has 0 spiro atoms. The van der Waals surface area contributed by atoms with Gasteiger partial charge in [0.1, 0.15) is 0 Å². The van der Waals surface area contributed by atoms with Crippen LogP contribution in [0.15, 0.2) is 18.2 Å². The van der Waals surface area contributed by atoms with Gasteiger partial charge in [0, 0.05) is 25.2 Å². The Bertz CT molecular complexity index is 487. The molecule has 1 amide bonds. The molecule has 1 heterocycles. The molecule has 1 aliphatic carbocycles. The highest BCUT2D eigenvalue weighted by Crippen LogP contribution is 2.20. The van der Waals surface area contributed by atoms with Crippen molar-refractivity contribution in [2.75, 3.05) is 13.2 Å². The van der Waals surface area contributed by atoms with E-state index in [0.717, 1.165) is 18.7 Å². The van der Waals surface area contributed by atoms with E-state index in [1.54, 1.807) is 0 Å². The smallest absolute Gasteiger partial charge is 0.251 e. The fourth-order valence-corrected chi connectivity index (χ4v) is 2.98. The standard InChI is InChI=1S/C16H22N2O2.ClH/c19-16(18-7-8-20-15-3-1-2-4-15)12-5-6-13-10-17-11-14(13)9-12;/h5-6,9,15,17H,1-4,7-8,10-11H2,(H,18,19);1H. The molecule has 0 saturated heterocycles. The average molecular weight is 311 g/mol. The first kappa shape index (κ1) is 16.3. The zero-order valence-corrected chi connectivity index (χ0v) is 13.0. The van der Waals surface area contributed by atoms with Crippen LogP contribution in [0.5, 0.6) is 0 Å². The van der Waals surface area contributed by atoms with Gasteiger partial charge in [-0.1, -0.05) is 18.9 Å². The van der Waals surface area contributed by atoms with Crippen LogP contribution >= 0.6 is 12.4 Å². The van der Waals surface area contributed by atoms with Crippen molar-refractivity contribution >= 4 is 18.3 Å². The van der Waals surface area contributed by atoms with E-state index < -0.39 is 0 Å². The molecule has 0 atom stereocenters. The lowest BCUT2D eigenvalue weighted by Gasteiger charge is -2.11. The van der Waals surface area contributed by atoms with Gasteiger partial charge in [-0.05, 0) is 36.1 Å². The van der Waals surface area contributed by atoms with Crippen molar-refractivity contribution in [1.82, 2.24) is 10.6 Å².